The molecule has 1 aliphatic rings. The summed E-state index contributed by atoms with van der Waals surface area (Å²) in [5, 5.41) is 4.01. The lowest BCUT2D eigenvalue weighted by atomic mass is 9.96. The van der Waals surface area contributed by atoms with Crippen molar-refractivity contribution in [1.82, 2.24) is 19.9 Å². The van der Waals surface area contributed by atoms with Crippen LogP contribution in [-0.2, 0) is 10.0 Å². The Bertz CT molecular complexity index is 1650. The first-order valence-electron chi connectivity index (χ1n) is 12.4. The maximum atomic E-state index is 11.9. The second-order valence-electron chi connectivity index (χ2n) is 9.61. The fourth-order valence-electron chi connectivity index (χ4n) is 5.14. The zero-order valence-corrected chi connectivity index (χ0v) is 24.0. The Hall–Kier alpha value is -3.96. The number of pyridine rings is 2. The highest BCUT2D eigenvalue weighted by Crippen LogP contribution is 2.45. The van der Waals surface area contributed by atoms with Crippen LogP contribution in [0, 0.1) is 20.8 Å². The molecule has 2 N–H and O–H groups in total. The summed E-state index contributed by atoms with van der Waals surface area (Å²) in [4.78, 5) is 11.3. The number of aryl methyl sites for hydroxylation is 2. The van der Waals surface area contributed by atoms with Gasteiger partial charge in [-0.2, -0.15) is 0 Å². The molecule has 202 valence electrons. The van der Waals surface area contributed by atoms with E-state index >= 15 is 0 Å². The van der Waals surface area contributed by atoms with Gasteiger partial charge in [0.2, 0.25) is 10.0 Å². The second-order valence-corrected chi connectivity index (χ2v) is 11.7. The molecule has 0 radical (unpaired) electrons. The van der Waals surface area contributed by atoms with Crippen LogP contribution >= 0.6 is 12.2 Å². The van der Waals surface area contributed by atoms with Gasteiger partial charge in [-0.1, -0.05) is 6.07 Å². The Balaban J connectivity index is 1.67. The standard InChI is InChI=1S/C28H30N6O3S2/c1-17-11-13-30-25(14-17)33-18(2)15-21(19(33)3)27-26(23-8-6-7-12-29-23)31-28(38)34(27)20-9-10-22(24(16-20)37-4)32-39(5,35)36/h6-16,26-27,32H,1-5H3,(H,31,38)/t26-,27-/m1/s1. The summed E-state index contributed by atoms with van der Waals surface area (Å²) in [6.07, 6.45) is 4.69. The largest absolute Gasteiger partial charge is 0.494 e. The predicted octanol–water partition coefficient (Wildman–Crippen LogP) is 4.75. The summed E-state index contributed by atoms with van der Waals surface area (Å²) in [5.74, 6) is 1.23. The number of thiocarbonyl (C=S) groups is 1. The van der Waals surface area contributed by atoms with Gasteiger partial charge < -0.3 is 19.5 Å². The molecule has 1 saturated heterocycles. The van der Waals surface area contributed by atoms with Crippen molar-refractivity contribution in [2.24, 2.45) is 0 Å². The van der Waals surface area contributed by atoms with Crippen molar-refractivity contribution in [3.05, 3.63) is 95.2 Å². The summed E-state index contributed by atoms with van der Waals surface area (Å²) < 4.78 is 34.0. The Morgan fingerprint density at radius 3 is 2.49 bits per heavy atom. The van der Waals surface area contributed by atoms with Crippen molar-refractivity contribution < 1.29 is 13.2 Å². The van der Waals surface area contributed by atoms with Crippen molar-refractivity contribution >= 4 is 38.7 Å². The number of sulfonamides is 1. The van der Waals surface area contributed by atoms with E-state index in [-0.39, 0.29) is 12.1 Å². The maximum Gasteiger partial charge on any atom is 0.229 e. The fourth-order valence-corrected chi connectivity index (χ4v) is 6.06. The van der Waals surface area contributed by atoms with E-state index in [1.54, 1.807) is 18.3 Å². The van der Waals surface area contributed by atoms with Crippen molar-refractivity contribution in [2.75, 3.05) is 23.0 Å². The number of nitrogens with zero attached hydrogens (tertiary/aromatic N) is 4. The van der Waals surface area contributed by atoms with Gasteiger partial charge in [0.1, 0.15) is 11.6 Å². The lowest BCUT2D eigenvalue weighted by Crippen LogP contribution is -2.29. The third-order valence-electron chi connectivity index (χ3n) is 6.78. The topological polar surface area (TPSA) is 101 Å². The number of hydrogen-bond donors (Lipinski definition) is 2. The molecule has 1 fully saturated rings. The molecule has 3 aromatic heterocycles. The number of benzene rings is 1. The highest BCUT2D eigenvalue weighted by Gasteiger charge is 2.42. The van der Waals surface area contributed by atoms with Crippen LogP contribution in [0.15, 0.2) is 67.0 Å². The number of ether oxygens (including phenoxy) is 1. The molecule has 4 aromatic rings. The second kappa shape index (κ2) is 10.3. The number of hydrogen-bond acceptors (Lipinski definition) is 6. The molecule has 4 heterocycles. The maximum absolute atomic E-state index is 11.9. The summed E-state index contributed by atoms with van der Waals surface area (Å²) in [6.45, 7) is 6.20. The van der Waals surface area contributed by atoms with E-state index in [1.165, 1.54) is 7.11 Å². The van der Waals surface area contributed by atoms with Crippen LogP contribution < -0.4 is 19.7 Å². The number of aromatic nitrogens is 3. The van der Waals surface area contributed by atoms with E-state index in [2.05, 4.69) is 50.6 Å². The molecular formula is C28H30N6O3S2. The Morgan fingerprint density at radius 1 is 1.03 bits per heavy atom. The lowest BCUT2D eigenvalue weighted by Gasteiger charge is -2.28. The van der Waals surface area contributed by atoms with E-state index < -0.39 is 10.0 Å². The summed E-state index contributed by atoms with van der Waals surface area (Å²) in [6, 6.07) is 16.8. The van der Waals surface area contributed by atoms with Crippen LogP contribution in [0.3, 0.4) is 0 Å². The van der Waals surface area contributed by atoms with Gasteiger partial charge in [0.15, 0.2) is 5.11 Å². The smallest absolute Gasteiger partial charge is 0.229 e. The van der Waals surface area contributed by atoms with Crippen LogP contribution in [0.2, 0.25) is 0 Å². The van der Waals surface area contributed by atoms with Gasteiger partial charge in [0, 0.05) is 35.5 Å². The summed E-state index contributed by atoms with van der Waals surface area (Å²) in [5.41, 5.74) is 6.23. The van der Waals surface area contributed by atoms with Crippen LogP contribution in [0.1, 0.15) is 40.3 Å². The molecule has 0 unspecified atom stereocenters. The normalized spacial score (nSPS) is 17.3. The number of anilines is 2. The minimum absolute atomic E-state index is 0.238. The van der Waals surface area contributed by atoms with Gasteiger partial charge in [-0.25, -0.2) is 13.4 Å². The molecular weight excluding hydrogens is 532 g/mol. The van der Waals surface area contributed by atoms with E-state index in [4.69, 9.17) is 17.0 Å². The molecule has 11 heteroatoms. The first-order valence-corrected chi connectivity index (χ1v) is 14.7. The van der Waals surface area contributed by atoms with Crippen LogP contribution in [-0.4, -0.2) is 41.4 Å². The first-order chi connectivity index (χ1) is 18.6. The third-order valence-corrected chi connectivity index (χ3v) is 7.68. The number of rotatable bonds is 7. The predicted molar refractivity (Wildman–Crippen MR) is 157 cm³/mol. The lowest BCUT2D eigenvalue weighted by molar-refractivity contribution is 0.417. The molecule has 5 rings (SSSR count). The summed E-state index contributed by atoms with van der Waals surface area (Å²) >= 11 is 5.89. The summed E-state index contributed by atoms with van der Waals surface area (Å²) in [7, 11) is -1.98. The average molecular weight is 563 g/mol. The van der Waals surface area contributed by atoms with Crippen molar-refractivity contribution in [2.45, 2.75) is 32.9 Å². The van der Waals surface area contributed by atoms with Gasteiger partial charge in [-0.3, -0.25) is 9.71 Å². The fraction of sp³-hybridized carbons (Fsp3) is 0.250. The number of nitrogens with one attached hydrogen (secondary N) is 2. The van der Waals surface area contributed by atoms with Crippen molar-refractivity contribution in [1.29, 1.82) is 0 Å². The van der Waals surface area contributed by atoms with E-state index in [1.807, 2.05) is 48.4 Å². The average Bonchev–Trinajstić information content (AvgIpc) is 3.38. The molecule has 1 aliphatic heterocycles. The Morgan fingerprint density at radius 2 is 1.82 bits per heavy atom. The van der Waals surface area contributed by atoms with Gasteiger partial charge in [-0.15, -0.1) is 0 Å². The molecule has 0 saturated carbocycles. The molecule has 0 bridgehead atoms. The van der Waals surface area contributed by atoms with Gasteiger partial charge in [-0.05, 0) is 86.6 Å². The van der Waals surface area contributed by atoms with Gasteiger partial charge in [0.25, 0.3) is 0 Å². The van der Waals surface area contributed by atoms with Crippen LogP contribution in [0.25, 0.3) is 5.82 Å². The Labute approximate surface area is 233 Å². The highest BCUT2D eigenvalue weighted by molar-refractivity contribution is 7.92. The zero-order chi connectivity index (χ0) is 27.9. The highest BCUT2D eigenvalue weighted by atomic mass is 32.2. The van der Waals surface area contributed by atoms with Gasteiger partial charge in [0.05, 0.1) is 36.8 Å². The molecule has 0 aliphatic carbocycles. The zero-order valence-electron chi connectivity index (χ0n) is 22.3. The minimum Gasteiger partial charge on any atom is -0.494 e. The molecule has 0 spiro atoms. The van der Waals surface area contributed by atoms with Crippen LogP contribution in [0.4, 0.5) is 11.4 Å². The molecule has 9 nitrogen and oxygen atoms in total. The third kappa shape index (κ3) is 5.19. The molecule has 0 amide bonds. The van der Waals surface area contributed by atoms with E-state index in [9.17, 15) is 8.42 Å². The van der Waals surface area contributed by atoms with Crippen molar-refractivity contribution in [3.8, 4) is 11.6 Å². The van der Waals surface area contributed by atoms with Crippen LogP contribution in [0.5, 0.6) is 5.75 Å². The van der Waals surface area contributed by atoms with Gasteiger partial charge >= 0.3 is 0 Å². The Kier molecular flexibility index (Phi) is 7.04. The molecule has 39 heavy (non-hydrogen) atoms. The first kappa shape index (κ1) is 26.6. The minimum atomic E-state index is -3.49. The SMILES string of the molecule is COc1cc(N2C(=S)N[C@H](c3ccccn3)[C@H]2c2cc(C)n(-c3cc(C)ccn3)c2C)ccc1NS(C)(=O)=O. The quantitative estimate of drug-likeness (QED) is 0.311. The molecule has 2 atom stereocenters. The number of methoxy groups -OCH3 is 1. The van der Waals surface area contributed by atoms with Crippen molar-refractivity contribution in [3.63, 3.8) is 0 Å². The monoisotopic (exact) mass is 562 g/mol. The molecule has 1 aromatic carbocycles. The van der Waals surface area contributed by atoms with E-state index in [0.717, 1.165) is 46.0 Å². The van der Waals surface area contributed by atoms with E-state index in [0.29, 0.717) is 16.5 Å².